The van der Waals surface area contributed by atoms with E-state index in [2.05, 4.69) is 10.6 Å². The highest BCUT2D eigenvalue weighted by molar-refractivity contribution is 5.90. The molecule has 7 heteroatoms. The van der Waals surface area contributed by atoms with Crippen LogP contribution in [0.3, 0.4) is 0 Å². The van der Waals surface area contributed by atoms with Gasteiger partial charge in [0.05, 0.1) is 12.1 Å². The number of hydrogen-bond donors (Lipinski definition) is 4. The molecule has 0 fully saturated rings. The van der Waals surface area contributed by atoms with Crippen LogP contribution in [-0.2, 0) is 9.59 Å². The van der Waals surface area contributed by atoms with Gasteiger partial charge in [-0.2, -0.15) is 0 Å². The molecule has 20 heavy (non-hydrogen) atoms. The van der Waals surface area contributed by atoms with Gasteiger partial charge in [0.15, 0.2) is 5.78 Å². The Balaban J connectivity index is 4.39. The Morgan fingerprint density at radius 1 is 1.20 bits per heavy atom. The van der Waals surface area contributed by atoms with E-state index in [1.165, 1.54) is 0 Å². The fourth-order valence-corrected chi connectivity index (χ4v) is 1.65. The fraction of sp³-hybridized carbons (Fsp3) is 0.769. The SMILES string of the molecule is CCC(=O)C(CCCNC(N)=O)NC(=O)C(N)C(C)C. The van der Waals surface area contributed by atoms with Crippen LogP contribution in [-0.4, -0.2) is 36.3 Å². The Kier molecular flexibility index (Phi) is 8.54. The number of amides is 3. The maximum atomic E-state index is 11.9. The van der Waals surface area contributed by atoms with Crippen LogP contribution in [0.15, 0.2) is 0 Å². The molecule has 0 radical (unpaired) electrons. The summed E-state index contributed by atoms with van der Waals surface area (Å²) in [7, 11) is 0. The van der Waals surface area contributed by atoms with Gasteiger partial charge in [0.2, 0.25) is 5.91 Å². The molecule has 0 aromatic heterocycles. The molecule has 116 valence electrons. The summed E-state index contributed by atoms with van der Waals surface area (Å²) in [4.78, 5) is 34.2. The molecule has 0 aliphatic heterocycles. The topological polar surface area (TPSA) is 127 Å². The van der Waals surface area contributed by atoms with E-state index in [4.69, 9.17) is 11.5 Å². The molecule has 3 amide bonds. The minimum atomic E-state index is -0.633. The lowest BCUT2D eigenvalue weighted by Crippen LogP contribution is -2.50. The smallest absolute Gasteiger partial charge is 0.312 e. The van der Waals surface area contributed by atoms with Crippen molar-refractivity contribution in [2.75, 3.05) is 6.54 Å². The molecule has 0 rings (SSSR count). The maximum Gasteiger partial charge on any atom is 0.312 e. The molecule has 2 atom stereocenters. The minimum absolute atomic E-state index is 0.00362. The van der Waals surface area contributed by atoms with Crippen LogP contribution >= 0.6 is 0 Å². The zero-order valence-corrected chi connectivity index (χ0v) is 12.4. The lowest BCUT2D eigenvalue weighted by molar-refractivity contribution is -0.129. The fourth-order valence-electron chi connectivity index (χ4n) is 1.65. The van der Waals surface area contributed by atoms with Crippen LogP contribution in [0.1, 0.15) is 40.0 Å². The predicted molar refractivity (Wildman–Crippen MR) is 76.9 cm³/mol. The van der Waals surface area contributed by atoms with Gasteiger partial charge in [0.25, 0.3) is 0 Å². The molecule has 0 saturated heterocycles. The first-order valence-electron chi connectivity index (χ1n) is 6.91. The Morgan fingerprint density at radius 2 is 1.80 bits per heavy atom. The van der Waals surface area contributed by atoms with Crippen LogP contribution in [0.4, 0.5) is 4.79 Å². The monoisotopic (exact) mass is 286 g/mol. The molecule has 0 aromatic carbocycles. The second kappa shape index (κ2) is 9.30. The molecule has 0 aromatic rings. The first kappa shape index (κ1) is 18.4. The minimum Gasteiger partial charge on any atom is -0.352 e. The number of nitrogens with one attached hydrogen (secondary N) is 2. The van der Waals surface area contributed by atoms with Crippen molar-refractivity contribution in [1.82, 2.24) is 10.6 Å². The van der Waals surface area contributed by atoms with Crippen molar-refractivity contribution in [3.63, 3.8) is 0 Å². The summed E-state index contributed by atoms with van der Waals surface area (Å²) in [5.74, 6) is -0.369. The van der Waals surface area contributed by atoms with Gasteiger partial charge in [-0.15, -0.1) is 0 Å². The highest BCUT2D eigenvalue weighted by Crippen LogP contribution is 2.04. The molecule has 7 nitrogen and oxygen atoms in total. The van der Waals surface area contributed by atoms with Gasteiger partial charge in [0, 0.05) is 13.0 Å². The molecule has 6 N–H and O–H groups in total. The maximum absolute atomic E-state index is 11.9. The van der Waals surface area contributed by atoms with Crippen molar-refractivity contribution in [3.05, 3.63) is 0 Å². The average Bonchev–Trinajstić information content (AvgIpc) is 2.39. The van der Waals surface area contributed by atoms with Crippen molar-refractivity contribution >= 4 is 17.7 Å². The molecule has 0 saturated carbocycles. The molecule has 0 bridgehead atoms. The second-order valence-corrected chi connectivity index (χ2v) is 5.08. The Hall–Kier alpha value is -1.63. The number of urea groups is 1. The van der Waals surface area contributed by atoms with Crippen molar-refractivity contribution in [2.24, 2.45) is 17.4 Å². The summed E-state index contributed by atoms with van der Waals surface area (Å²) in [5, 5.41) is 5.12. The van der Waals surface area contributed by atoms with Crippen LogP contribution in [0, 0.1) is 5.92 Å². The Morgan fingerprint density at radius 3 is 2.25 bits per heavy atom. The van der Waals surface area contributed by atoms with E-state index in [1.54, 1.807) is 6.92 Å². The van der Waals surface area contributed by atoms with Gasteiger partial charge >= 0.3 is 6.03 Å². The lowest BCUT2D eigenvalue weighted by Gasteiger charge is -2.21. The number of primary amides is 1. The van der Waals surface area contributed by atoms with E-state index in [0.717, 1.165) is 0 Å². The van der Waals surface area contributed by atoms with Crippen molar-refractivity contribution in [2.45, 2.75) is 52.1 Å². The summed E-state index contributed by atoms with van der Waals surface area (Å²) < 4.78 is 0. The van der Waals surface area contributed by atoms with Crippen LogP contribution < -0.4 is 22.1 Å². The van der Waals surface area contributed by atoms with Gasteiger partial charge in [0.1, 0.15) is 0 Å². The summed E-state index contributed by atoms with van der Waals surface area (Å²) >= 11 is 0. The van der Waals surface area contributed by atoms with Gasteiger partial charge in [-0.3, -0.25) is 9.59 Å². The molecular weight excluding hydrogens is 260 g/mol. The molecule has 0 aliphatic carbocycles. The van der Waals surface area contributed by atoms with Gasteiger partial charge in [-0.25, -0.2) is 4.79 Å². The zero-order chi connectivity index (χ0) is 15.7. The zero-order valence-electron chi connectivity index (χ0n) is 12.4. The van der Waals surface area contributed by atoms with Crippen molar-refractivity contribution < 1.29 is 14.4 Å². The normalized spacial score (nSPS) is 13.7. The summed E-state index contributed by atoms with van der Waals surface area (Å²) in [6, 6.07) is -1.80. The number of rotatable bonds is 9. The Labute approximate surface area is 119 Å². The number of ketones is 1. The van der Waals surface area contributed by atoms with Gasteiger partial charge in [-0.05, 0) is 18.8 Å². The second-order valence-electron chi connectivity index (χ2n) is 5.08. The summed E-state index contributed by atoms with van der Waals surface area (Å²) in [5.41, 5.74) is 10.7. The number of carbonyl (C=O) groups is 3. The van der Waals surface area contributed by atoms with Crippen molar-refractivity contribution in [1.29, 1.82) is 0 Å². The number of hydrogen-bond acceptors (Lipinski definition) is 4. The summed E-state index contributed by atoms with van der Waals surface area (Å²) in [6.07, 6.45) is 1.34. The number of nitrogens with two attached hydrogens (primary N) is 2. The molecule has 2 unspecified atom stereocenters. The molecule has 0 heterocycles. The summed E-state index contributed by atoms with van der Waals surface area (Å²) in [6.45, 7) is 5.80. The highest BCUT2D eigenvalue weighted by atomic mass is 16.2. The largest absolute Gasteiger partial charge is 0.352 e. The first-order valence-corrected chi connectivity index (χ1v) is 6.91. The van der Waals surface area contributed by atoms with Gasteiger partial charge in [-0.1, -0.05) is 20.8 Å². The van der Waals surface area contributed by atoms with E-state index in [-0.39, 0.29) is 17.6 Å². The number of carbonyl (C=O) groups excluding carboxylic acids is 3. The van der Waals surface area contributed by atoms with Gasteiger partial charge < -0.3 is 22.1 Å². The molecule has 0 aliphatic rings. The number of Topliss-reactive ketones (excluding diaryl/α,β-unsaturated/α-hetero) is 1. The third-order valence-electron chi connectivity index (χ3n) is 3.04. The average molecular weight is 286 g/mol. The standard InChI is InChI=1S/C13H26N4O3/c1-4-10(18)9(6-5-7-16-13(15)20)17-12(19)11(14)8(2)3/h8-9,11H,4-7,14H2,1-3H3,(H,17,19)(H3,15,16,20). The Bertz CT molecular complexity index is 345. The molecule has 0 spiro atoms. The van der Waals surface area contributed by atoms with Crippen LogP contribution in [0.25, 0.3) is 0 Å². The third kappa shape index (κ3) is 7.08. The lowest BCUT2D eigenvalue weighted by atomic mass is 10.0. The van der Waals surface area contributed by atoms with Crippen LogP contribution in [0.2, 0.25) is 0 Å². The van der Waals surface area contributed by atoms with E-state index in [1.807, 2.05) is 13.8 Å². The third-order valence-corrected chi connectivity index (χ3v) is 3.04. The molecular formula is C13H26N4O3. The van der Waals surface area contributed by atoms with Crippen LogP contribution in [0.5, 0.6) is 0 Å². The van der Waals surface area contributed by atoms with Crippen molar-refractivity contribution in [3.8, 4) is 0 Å². The van der Waals surface area contributed by atoms with E-state index in [0.29, 0.717) is 25.8 Å². The first-order chi connectivity index (χ1) is 9.29. The predicted octanol–water partition coefficient (Wildman–Crippen LogP) is -0.118. The highest BCUT2D eigenvalue weighted by Gasteiger charge is 2.23. The van der Waals surface area contributed by atoms with E-state index < -0.39 is 18.1 Å². The van der Waals surface area contributed by atoms with E-state index in [9.17, 15) is 14.4 Å². The quantitative estimate of drug-likeness (QED) is 0.441. The van der Waals surface area contributed by atoms with E-state index >= 15 is 0 Å².